The molecule has 2 saturated heterocycles. The van der Waals surface area contributed by atoms with Crippen LogP contribution in [0, 0.1) is 5.92 Å². The average molecular weight is 432 g/mol. The minimum absolute atomic E-state index is 0.00379. The summed E-state index contributed by atoms with van der Waals surface area (Å²) in [7, 11) is 1.66. The molecule has 0 N–H and O–H groups in total. The van der Waals surface area contributed by atoms with E-state index in [2.05, 4.69) is 19.8 Å². The number of rotatable bonds is 7. The van der Waals surface area contributed by atoms with E-state index in [1.165, 1.54) is 69.3 Å². The molecule has 7 nitrogen and oxygen atoms in total. The van der Waals surface area contributed by atoms with Gasteiger partial charge in [-0.2, -0.15) is 5.10 Å². The van der Waals surface area contributed by atoms with E-state index in [1.807, 2.05) is 0 Å². The van der Waals surface area contributed by atoms with Crippen molar-refractivity contribution >= 4 is 17.5 Å². The number of hydrazone groups is 1. The lowest BCUT2D eigenvalue weighted by atomic mass is 9.95. The third-order valence-corrected chi connectivity index (χ3v) is 7.75. The van der Waals surface area contributed by atoms with E-state index in [1.54, 1.807) is 7.05 Å². The van der Waals surface area contributed by atoms with Gasteiger partial charge in [0.1, 0.15) is 5.71 Å². The number of carbonyl (C=O) groups is 2. The summed E-state index contributed by atoms with van der Waals surface area (Å²) in [4.78, 5) is 32.6. The summed E-state index contributed by atoms with van der Waals surface area (Å²) in [5.74, 6) is 0.591. The van der Waals surface area contributed by atoms with Crippen LogP contribution < -0.4 is 0 Å². The van der Waals surface area contributed by atoms with Crippen LogP contribution in [0.2, 0.25) is 0 Å². The predicted molar refractivity (Wildman–Crippen MR) is 123 cm³/mol. The maximum atomic E-state index is 13.5. The van der Waals surface area contributed by atoms with Crippen molar-refractivity contribution in [1.29, 1.82) is 0 Å². The van der Waals surface area contributed by atoms with Crippen molar-refractivity contribution in [2.75, 3.05) is 52.9 Å². The number of likely N-dealkylation sites (tertiary alicyclic amines) is 2. The van der Waals surface area contributed by atoms with Crippen molar-refractivity contribution in [3.8, 4) is 0 Å². The molecule has 0 spiro atoms. The molecule has 7 heteroatoms. The summed E-state index contributed by atoms with van der Waals surface area (Å²) in [6.45, 7) is 7.21. The van der Waals surface area contributed by atoms with Crippen LogP contribution in [0.3, 0.4) is 0 Å². The Morgan fingerprint density at radius 3 is 2.52 bits per heavy atom. The van der Waals surface area contributed by atoms with Gasteiger partial charge in [0.25, 0.3) is 5.91 Å². The molecule has 0 bridgehead atoms. The van der Waals surface area contributed by atoms with E-state index in [4.69, 9.17) is 0 Å². The van der Waals surface area contributed by atoms with Gasteiger partial charge in [-0.05, 0) is 64.1 Å². The fourth-order valence-corrected chi connectivity index (χ4v) is 5.89. The fraction of sp³-hybridized carbons (Fsp3) is 0.875. The van der Waals surface area contributed by atoms with Gasteiger partial charge in [-0.3, -0.25) is 9.59 Å². The van der Waals surface area contributed by atoms with Crippen molar-refractivity contribution in [1.82, 2.24) is 19.7 Å². The zero-order valence-electron chi connectivity index (χ0n) is 19.4. The molecule has 1 unspecified atom stereocenters. The Labute approximate surface area is 187 Å². The lowest BCUT2D eigenvalue weighted by Gasteiger charge is -2.39. The lowest BCUT2D eigenvalue weighted by molar-refractivity contribution is -0.130. The van der Waals surface area contributed by atoms with Gasteiger partial charge < -0.3 is 14.7 Å². The van der Waals surface area contributed by atoms with Crippen LogP contribution in [-0.2, 0) is 9.59 Å². The van der Waals surface area contributed by atoms with Crippen LogP contribution in [0.5, 0.6) is 0 Å². The number of carbonyl (C=O) groups excluding carboxylic acids is 2. The first-order valence-corrected chi connectivity index (χ1v) is 12.7. The number of nitrogens with zero attached hydrogens (tertiary/aromatic N) is 5. The minimum atomic E-state index is -0.00379. The number of amides is 2. The van der Waals surface area contributed by atoms with E-state index in [9.17, 15) is 9.59 Å². The Kier molecular flexibility index (Phi) is 7.99. The molecule has 1 atom stereocenters. The first-order chi connectivity index (χ1) is 15.1. The molecular formula is C24H41N5O2. The second-order valence-electron chi connectivity index (χ2n) is 10.1. The van der Waals surface area contributed by atoms with Gasteiger partial charge in [-0.1, -0.05) is 19.3 Å². The Morgan fingerprint density at radius 1 is 1.00 bits per heavy atom. The largest absolute Gasteiger partial charge is 0.336 e. The summed E-state index contributed by atoms with van der Waals surface area (Å²) in [5, 5.41) is 5.68. The van der Waals surface area contributed by atoms with Gasteiger partial charge in [0.15, 0.2) is 0 Å². The lowest BCUT2D eigenvalue weighted by Crippen LogP contribution is -2.49. The molecule has 2 amide bonds. The van der Waals surface area contributed by atoms with E-state index in [0.29, 0.717) is 24.5 Å². The van der Waals surface area contributed by atoms with Gasteiger partial charge in [0.05, 0.1) is 0 Å². The topological polar surface area (TPSA) is 59.5 Å². The summed E-state index contributed by atoms with van der Waals surface area (Å²) in [6, 6.07) is 0.766. The molecular weight excluding hydrogens is 390 g/mol. The maximum absolute atomic E-state index is 13.5. The monoisotopic (exact) mass is 431 g/mol. The van der Waals surface area contributed by atoms with E-state index in [-0.39, 0.29) is 11.8 Å². The molecule has 0 aromatic heterocycles. The second kappa shape index (κ2) is 10.9. The molecule has 1 saturated carbocycles. The van der Waals surface area contributed by atoms with Gasteiger partial charge >= 0.3 is 0 Å². The van der Waals surface area contributed by atoms with Crippen LogP contribution in [-0.4, -0.2) is 96.1 Å². The third kappa shape index (κ3) is 6.07. The number of piperidine rings is 2. The summed E-state index contributed by atoms with van der Waals surface area (Å²) in [5.41, 5.74) is 0.559. The molecule has 4 rings (SSSR count). The second-order valence-corrected chi connectivity index (χ2v) is 10.1. The number of hydrogen-bond acceptors (Lipinski definition) is 5. The van der Waals surface area contributed by atoms with Crippen molar-refractivity contribution in [3.05, 3.63) is 0 Å². The molecule has 0 aromatic carbocycles. The Balaban J connectivity index is 1.40. The molecule has 31 heavy (non-hydrogen) atoms. The number of hydrogen-bond donors (Lipinski definition) is 0. The molecule has 0 aromatic rings. The van der Waals surface area contributed by atoms with Gasteiger partial charge in [-0.25, -0.2) is 5.01 Å². The Morgan fingerprint density at radius 2 is 1.77 bits per heavy atom. The van der Waals surface area contributed by atoms with Crippen molar-refractivity contribution in [3.63, 3.8) is 0 Å². The summed E-state index contributed by atoms with van der Waals surface area (Å²) in [6.07, 6.45) is 12.6. The molecule has 3 heterocycles. The van der Waals surface area contributed by atoms with E-state index < -0.39 is 0 Å². The van der Waals surface area contributed by atoms with Gasteiger partial charge in [0, 0.05) is 52.1 Å². The molecule has 174 valence electrons. The normalized spacial score (nSPS) is 26.9. The summed E-state index contributed by atoms with van der Waals surface area (Å²) < 4.78 is 0. The van der Waals surface area contributed by atoms with Gasteiger partial charge in [-0.15, -0.1) is 0 Å². The SMILES string of the molecule is CN1N=C(C(=O)N(CCN2CCCCC2)CC2CCCN(C3CCCC3)C2)CCC1=O. The average Bonchev–Trinajstić information content (AvgIpc) is 3.34. The Hall–Kier alpha value is -1.47. The van der Waals surface area contributed by atoms with Crippen LogP contribution in [0.4, 0.5) is 0 Å². The Bertz CT molecular complexity index is 654. The minimum Gasteiger partial charge on any atom is -0.336 e. The quantitative estimate of drug-likeness (QED) is 0.622. The molecule has 1 aliphatic carbocycles. The van der Waals surface area contributed by atoms with E-state index >= 15 is 0 Å². The summed E-state index contributed by atoms with van der Waals surface area (Å²) >= 11 is 0. The van der Waals surface area contributed by atoms with Crippen LogP contribution in [0.25, 0.3) is 0 Å². The predicted octanol–water partition coefficient (Wildman–Crippen LogP) is 2.56. The molecule has 3 aliphatic heterocycles. The highest BCUT2D eigenvalue weighted by Gasteiger charge is 2.32. The first kappa shape index (κ1) is 22.7. The van der Waals surface area contributed by atoms with Gasteiger partial charge in [0.2, 0.25) is 5.91 Å². The van der Waals surface area contributed by atoms with Crippen molar-refractivity contribution in [2.24, 2.45) is 11.0 Å². The standard InChI is InChI=1S/C24H41N5O2/c1-26-23(30)12-11-22(25-26)24(31)29(17-16-27-13-5-2-6-14-27)19-20-8-7-15-28(18-20)21-9-3-4-10-21/h20-21H,2-19H2,1H3. The zero-order valence-corrected chi connectivity index (χ0v) is 19.4. The highest BCUT2D eigenvalue weighted by Crippen LogP contribution is 2.28. The smallest absolute Gasteiger partial charge is 0.270 e. The van der Waals surface area contributed by atoms with Crippen molar-refractivity contribution < 1.29 is 9.59 Å². The molecule has 3 fully saturated rings. The third-order valence-electron chi connectivity index (χ3n) is 7.75. The molecule has 4 aliphatic rings. The zero-order chi connectivity index (χ0) is 21.6. The highest BCUT2D eigenvalue weighted by molar-refractivity contribution is 6.39. The van der Waals surface area contributed by atoms with E-state index in [0.717, 1.165) is 45.3 Å². The first-order valence-electron chi connectivity index (χ1n) is 12.7. The van der Waals surface area contributed by atoms with Crippen LogP contribution in [0.15, 0.2) is 5.10 Å². The van der Waals surface area contributed by atoms with Crippen LogP contribution in [0.1, 0.15) is 70.6 Å². The van der Waals surface area contributed by atoms with Crippen molar-refractivity contribution in [2.45, 2.75) is 76.7 Å². The van der Waals surface area contributed by atoms with Crippen LogP contribution >= 0.6 is 0 Å². The fourth-order valence-electron chi connectivity index (χ4n) is 5.89. The highest BCUT2D eigenvalue weighted by atomic mass is 16.2. The maximum Gasteiger partial charge on any atom is 0.270 e. The molecule has 0 radical (unpaired) electrons.